The summed E-state index contributed by atoms with van der Waals surface area (Å²) >= 11 is 5.71. The fraction of sp³-hybridized carbons (Fsp3) is 0.263. The molecule has 9 heteroatoms. The lowest BCUT2D eigenvalue weighted by Crippen LogP contribution is -2.31. The molecular weight excluding hydrogens is 399 g/mol. The summed E-state index contributed by atoms with van der Waals surface area (Å²) in [4.78, 5) is 11.0. The standard InChI is InChI=1S/C19H15ClF3NO4/c1-9-16(21)15(20)19(18(23)17(9)22)28-13-6-4-12(5-7-13)26-10(2)14(8-24)27-11(3)25/h4-7,10,14H,1-3H3. The molecule has 0 aliphatic carbocycles. The molecule has 0 heterocycles. The van der Waals surface area contributed by atoms with Gasteiger partial charge in [0.1, 0.15) is 28.7 Å². The Morgan fingerprint density at radius 1 is 1.11 bits per heavy atom. The number of esters is 1. The average molecular weight is 414 g/mol. The predicted octanol–water partition coefficient (Wildman–Crippen LogP) is 5.08. The van der Waals surface area contributed by atoms with Crippen LogP contribution in [0.15, 0.2) is 24.3 Å². The maximum atomic E-state index is 14.0. The fourth-order valence-electron chi connectivity index (χ4n) is 2.20. The summed E-state index contributed by atoms with van der Waals surface area (Å²) in [6.45, 7) is 3.76. The minimum Gasteiger partial charge on any atom is -0.486 e. The van der Waals surface area contributed by atoms with Crippen LogP contribution in [0, 0.1) is 35.7 Å². The molecule has 0 spiro atoms. The molecule has 2 rings (SSSR count). The van der Waals surface area contributed by atoms with Gasteiger partial charge in [-0.25, -0.2) is 8.78 Å². The molecule has 2 unspecified atom stereocenters. The molecule has 0 fully saturated rings. The number of rotatable bonds is 6. The molecule has 0 saturated carbocycles. The Hall–Kier alpha value is -2.92. The third-order valence-corrected chi connectivity index (χ3v) is 3.99. The first-order chi connectivity index (χ1) is 13.1. The van der Waals surface area contributed by atoms with Crippen LogP contribution in [0.3, 0.4) is 0 Å². The molecule has 148 valence electrons. The number of carbonyl (C=O) groups excluding carboxylic acids is 1. The summed E-state index contributed by atoms with van der Waals surface area (Å²) in [6, 6.07) is 7.34. The van der Waals surface area contributed by atoms with Gasteiger partial charge in [0.15, 0.2) is 17.4 Å². The van der Waals surface area contributed by atoms with E-state index in [0.29, 0.717) is 5.75 Å². The van der Waals surface area contributed by atoms with Crippen LogP contribution in [0.5, 0.6) is 17.2 Å². The molecule has 0 radical (unpaired) electrons. The van der Waals surface area contributed by atoms with Crippen LogP contribution >= 0.6 is 11.6 Å². The van der Waals surface area contributed by atoms with Crippen LogP contribution in [0.4, 0.5) is 13.2 Å². The van der Waals surface area contributed by atoms with Crippen molar-refractivity contribution < 1.29 is 32.2 Å². The smallest absolute Gasteiger partial charge is 0.304 e. The van der Waals surface area contributed by atoms with E-state index in [4.69, 9.17) is 31.1 Å². The van der Waals surface area contributed by atoms with Crippen LogP contribution in [-0.4, -0.2) is 18.2 Å². The van der Waals surface area contributed by atoms with Crippen molar-refractivity contribution in [2.45, 2.75) is 33.0 Å². The first-order valence-corrected chi connectivity index (χ1v) is 8.37. The molecule has 2 aromatic carbocycles. The molecule has 2 atom stereocenters. The van der Waals surface area contributed by atoms with E-state index in [9.17, 15) is 18.0 Å². The van der Waals surface area contributed by atoms with Gasteiger partial charge in [-0.1, -0.05) is 11.6 Å². The van der Waals surface area contributed by atoms with Gasteiger partial charge in [-0.3, -0.25) is 4.79 Å². The minimum atomic E-state index is -1.41. The number of hydrogen-bond acceptors (Lipinski definition) is 5. The van der Waals surface area contributed by atoms with E-state index in [0.717, 1.165) is 6.92 Å². The van der Waals surface area contributed by atoms with Crippen molar-refractivity contribution in [3.05, 3.63) is 52.3 Å². The molecule has 0 amide bonds. The van der Waals surface area contributed by atoms with E-state index in [1.54, 1.807) is 6.07 Å². The van der Waals surface area contributed by atoms with Gasteiger partial charge in [0.2, 0.25) is 11.9 Å². The Morgan fingerprint density at radius 3 is 2.21 bits per heavy atom. The zero-order chi connectivity index (χ0) is 21.0. The quantitative estimate of drug-likeness (QED) is 0.488. The van der Waals surface area contributed by atoms with Gasteiger partial charge < -0.3 is 14.2 Å². The Morgan fingerprint density at radius 2 is 1.68 bits per heavy atom. The van der Waals surface area contributed by atoms with Crippen molar-refractivity contribution in [1.82, 2.24) is 0 Å². The largest absolute Gasteiger partial charge is 0.486 e. The van der Waals surface area contributed by atoms with Crippen molar-refractivity contribution >= 4 is 17.6 Å². The van der Waals surface area contributed by atoms with E-state index in [1.807, 2.05) is 0 Å². The fourth-order valence-corrected chi connectivity index (χ4v) is 2.46. The summed E-state index contributed by atoms with van der Waals surface area (Å²) in [6.07, 6.45) is -1.88. The summed E-state index contributed by atoms with van der Waals surface area (Å²) in [7, 11) is 0. The Labute approximate surface area is 164 Å². The maximum absolute atomic E-state index is 14.0. The monoisotopic (exact) mass is 413 g/mol. The van der Waals surface area contributed by atoms with Crippen molar-refractivity contribution in [2.75, 3.05) is 0 Å². The predicted molar refractivity (Wildman–Crippen MR) is 93.8 cm³/mol. The molecule has 0 aromatic heterocycles. The van der Waals surface area contributed by atoms with Gasteiger partial charge >= 0.3 is 5.97 Å². The van der Waals surface area contributed by atoms with Crippen molar-refractivity contribution in [3.63, 3.8) is 0 Å². The van der Waals surface area contributed by atoms with Gasteiger partial charge in [0, 0.05) is 12.5 Å². The Balaban J connectivity index is 2.16. The van der Waals surface area contributed by atoms with Crippen LogP contribution in [0.2, 0.25) is 5.02 Å². The van der Waals surface area contributed by atoms with E-state index in [1.165, 1.54) is 38.1 Å². The topological polar surface area (TPSA) is 68.6 Å². The number of hydrogen-bond donors (Lipinski definition) is 0. The lowest BCUT2D eigenvalue weighted by Gasteiger charge is -2.19. The molecular formula is C19H15ClF3NO4. The molecule has 0 aliphatic rings. The van der Waals surface area contributed by atoms with Gasteiger partial charge in [0.25, 0.3) is 0 Å². The van der Waals surface area contributed by atoms with Crippen LogP contribution in [0.25, 0.3) is 0 Å². The summed E-state index contributed by atoms with van der Waals surface area (Å²) < 4.78 is 57.1. The van der Waals surface area contributed by atoms with Gasteiger partial charge in [-0.15, -0.1) is 0 Å². The zero-order valence-corrected chi connectivity index (χ0v) is 15.8. The highest BCUT2D eigenvalue weighted by Gasteiger charge is 2.24. The highest BCUT2D eigenvalue weighted by Crippen LogP contribution is 2.37. The normalized spacial score (nSPS) is 12.6. The van der Waals surface area contributed by atoms with Crippen molar-refractivity contribution in [3.8, 4) is 23.3 Å². The lowest BCUT2D eigenvalue weighted by atomic mass is 10.2. The first kappa shape index (κ1) is 21.4. The molecule has 5 nitrogen and oxygen atoms in total. The van der Waals surface area contributed by atoms with Gasteiger partial charge in [-0.2, -0.15) is 9.65 Å². The van der Waals surface area contributed by atoms with Crippen molar-refractivity contribution in [1.29, 1.82) is 5.26 Å². The summed E-state index contributed by atoms with van der Waals surface area (Å²) in [5, 5.41) is 8.33. The number of carbonyl (C=O) groups is 1. The van der Waals surface area contributed by atoms with E-state index in [-0.39, 0.29) is 5.75 Å². The Bertz CT molecular complexity index is 899. The number of benzene rings is 2. The second-order valence-corrected chi connectivity index (χ2v) is 6.14. The van der Waals surface area contributed by atoms with E-state index < -0.39 is 52.0 Å². The first-order valence-electron chi connectivity index (χ1n) is 7.99. The number of nitrogens with zero attached hydrogens (tertiary/aromatic N) is 1. The van der Waals surface area contributed by atoms with Crippen LogP contribution in [0.1, 0.15) is 19.4 Å². The third kappa shape index (κ3) is 4.67. The highest BCUT2D eigenvalue weighted by atomic mass is 35.5. The molecule has 0 aliphatic heterocycles. The molecule has 2 aromatic rings. The zero-order valence-electron chi connectivity index (χ0n) is 15.1. The number of nitriles is 1. The number of halogens is 4. The van der Waals surface area contributed by atoms with Crippen LogP contribution < -0.4 is 9.47 Å². The highest BCUT2D eigenvalue weighted by molar-refractivity contribution is 6.32. The molecule has 0 bridgehead atoms. The molecule has 0 N–H and O–H groups in total. The lowest BCUT2D eigenvalue weighted by molar-refractivity contribution is -0.147. The second kappa shape index (κ2) is 8.85. The molecule has 28 heavy (non-hydrogen) atoms. The molecule has 0 saturated heterocycles. The maximum Gasteiger partial charge on any atom is 0.304 e. The van der Waals surface area contributed by atoms with Gasteiger partial charge in [0.05, 0.1) is 0 Å². The second-order valence-electron chi connectivity index (χ2n) is 5.77. The van der Waals surface area contributed by atoms with E-state index >= 15 is 0 Å². The summed E-state index contributed by atoms with van der Waals surface area (Å²) in [5.41, 5.74) is -0.549. The minimum absolute atomic E-state index is 0.0419. The van der Waals surface area contributed by atoms with Crippen LogP contribution in [-0.2, 0) is 9.53 Å². The average Bonchev–Trinajstić information content (AvgIpc) is 2.67. The SMILES string of the molecule is CC(=O)OC(C#N)C(C)Oc1ccc(Oc2c(F)c(F)c(C)c(F)c2Cl)cc1. The number of ether oxygens (including phenoxy) is 3. The third-order valence-electron chi connectivity index (χ3n) is 3.65. The van der Waals surface area contributed by atoms with E-state index in [2.05, 4.69) is 0 Å². The van der Waals surface area contributed by atoms with Gasteiger partial charge in [-0.05, 0) is 38.1 Å². The van der Waals surface area contributed by atoms with Crippen molar-refractivity contribution in [2.24, 2.45) is 0 Å². The summed E-state index contributed by atoms with van der Waals surface area (Å²) in [5.74, 6) is -4.97. The Kier molecular flexibility index (Phi) is 6.75.